The van der Waals surface area contributed by atoms with Crippen molar-refractivity contribution in [2.24, 2.45) is 0 Å². The first-order chi connectivity index (χ1) is 6.56. The van der Waals surface area contributed by atoms with E-state index in [2.05, 4.69) is 9.97 Å². The van der Waals surface area contributed by atoms with Crippen molar-refractivity contribution in [2.75, 3.05) is 0 Å². The summed E-state index contributed by atoms with van der Waals surface area (Å²) in [5.74, 6) is 0.847. The van der Waals surface area contributed by atoms with Crippen LogP contribution in [0, 0.1) is 5.82 Å². The predicted molar refractivity (Wildman–Crippen MR) is 54.8 cm³/mol. The SMILES string of the molecule is CCC(C)c1nc(C(C)C)ncc1F. The summed E-state index contributed by atoms with van der Waals surface area (Å²) in [7, 11) is 0. The molecule has 0 spiro atoms. The van der Waals surface area contributed by atoms with E-state index in [-0.39, 0.29) is 17.7 Å². The van der Waals surface area contributed by atoms with Gasteiger partial charge in [0.2, 0.25) is 0 Å². The molecule has 1 heterocycles. The minimum absolute atomic E-state index is 0.162. The monoisotopic (exact) mass is 196 g/mol. The molecule has 1 unspecified atom stereocenters. The highest BCUT2D eigenvalue weighted by atomic mass is 19.1. The van der Waals surface area contributed by atoms with Gasteiger partial charge in [-0.15, -0.1) is 0 Å². The van der Waals surface area contributed by atoms with Gasteiger partial charge < -0.3 is 0 Å². The maximum atomic E-state index is 13.3. The van der Waals surface area contributed by atoms with Crippen molar-refractivity contribution in [3.8, 4) is 0 Å². The van der Waals surface area contributed by atoms with Crippen LogP contribution in [0.25, 0.3) is 0 Å². The van der Waals surface area contributed by atoms with Gasteiger partial charge >= 0.3 is 0 Å². The van der Waals surface area contributed by atoms with Crippen molar-refractivity contribution >= 4 is 0 Å². The van der Waals surface area contributed by atoms with Crippen molar-refractivity contribution in [2.45, 2.75) is 46.0 Å². The second kappa shape index (κ2) is 4.49. The van der Waals surface area contributed by atoms with Crippen molar-refractivity contribution in [3.63, 3.8) is 0 Å². The number of halogens is 1. The van der Waals surface area contributed by atoms with Crippen molar-refractivity contribution < 1.29 is 4.39 Å². The van der Waals surface area contributed by atoms with Crippen LogP contribution in [0.15, 0.2) is 6.20 Å². The van der Waals surface area contributed by atoms with E-state index in [4.69, 9.17) is 0 Å². The third kappa shape index (κ3) is 2.28. The summed E-state index contributed by atoms with van der Waals surface area (Å²) in [5, 5.41) is 0. The van der Waals surface area contributed by atoms with Gasteiger partial charge in [-0.25, -0.2) is 14.4 Å². The van der Waals surface area contributed by atoms with Crippen LogP contribution in [0.4, 0.5) is 4.39 Å². The highest BCUT2D eigenvalue weighted by Crippen LogP contribution is 2.20. The molecular formula is C11H17FN2. The molecule has 1 atom stereocenters. The fraction of sp³-hybridized carbons (Fsp3) is 0.636. The number of hydrogen-bond acceptors (Lipinski definition) is 2. The zero-order chi connectivity index (χ0) is 10.7. The van der Waals surface area contributed by atoms with E-state index in [1.165, 1.54) is 6.20 Å². The molecule has 0 fully saturated rings. The summed E-state index contributed by atoms with van der Waals surface area (Å²) in [5.41, 5.74) is 0.547. The zero-order valence-electron chi connectivity index (χ0n) is 9.21. The van der Waals surface area contributed by atoms with Gasteiger partial charge in [0.05, 0.1) is 11.9 Å². The van der Waals surface area contributed by atoms with Crippen LogP contribution in [-0.4, -0.2) is 9.97 Å². The van der Waals surface area contributed by atoms with Gasteiger partial charge in [0.25, 0.3) is 0 Å². The molecule has 0 bridgehead atoms. The Morgan fingerprint density at radius 3 is 2.50 bits per heavy atom. The molecule has 0 radical (unpaired) electrons. The van der Waals surface area contributed by atoms with Gasteiger partial charge in [0.15, 0.2) is 5.82 Å². The fourth-order valence-corrected chi connectivity index (χ4v) is 1.21. The molecule has 14 heavy (non-hydrogen) atoms. The van der Waals surface area contributed by atoms with Gasteiger partial charge in [-0.3, -0.25) is 0 Å². The number of rotatable bonds is 3. The van der Waals surface area contributed by atoms with E-state index in [1.807, 2.05) is 27.7 Å². The molecule has 0 aliphatic carbocycles. The Kier molecular flexibility index (Phi) is 3.55. The third-order valence-electron chi connectivity index (χ3n) is 2.39. The second-order valence-corrected chi connectivity index (χ2v) is 3.93. The molecule has 78 valence electrons. The minimum atomic E-state index is -0.288. The molecule has 1 aromatic heterocycles. The summed E-state index contributed by atoms with van der Waals surface area (Å²) < 4.78 is 13.3. The minimum Gasteiger partial charge on any atom is -0.238 e. The Morgan fingerprint density at radius 1 is 1.36 bits per heavy atom. The Hall–Kier alpha value is -0.990. The molecule has 0 saturated heterocycles. The molecule has 0 aliphatic rings. The number of nitrogens with zero attached hydrogens (tertiary/aromatic N) is 2. The quantitative estimate of drug-likeness (QED) is 0.741. The van der Waals surface area contributed by atoms with Crippen LogP contribution in [0.2, 0.25) is 0 Å². The molecule has 0 amide bonds. The van der Waals surface area contributed by atoms with Crippen LogP contribution >= 0.6 is 0 Å². The van der Waals surface area contributed by atoms with Gasteiger partial charge in [-0.1, -0.05) is 27.7 Å². The van der Waals surface area contributed by atoms with E-state index in [0.29, 0.717) is 5.69 Å². The van der Waals surface area contributed by atoms with E-state index in [9.17, 15) is 4.39 Å². The Morgan fingerprint density at radius 2 is 2.00 bits per heavy atom. The molecular weight excluding hydrogens is 179 g/mol. The Bertz CT molecular complexity index is 310. The fourth-order valence-electron chi connectivity index (χ4n) is 1.21. The normalized spacial score (nSPS) is 13.3. The summed E-state index contributed by atoms with van der Waals surface area (Å²) in [6.45, 7) is 8.03. The number of aromatic nitrogens is 2. The van der Waals surface area contributed by atoms with Crippen molar-refractivity contribution in [3.05, 3.63) is 23.5 Å². The molecule has 1 rings (SSSR count). The number of hydrogen-bond donors (Lipinski definition) is 0. The first-order valence-corrected chi connectivity index (χ1v) is 5.08. The molecule has 0 saturated carbocycles. The van der Waals surface area contributed by atoms with Gasteiger partial charge in [-0.05, 0) is 6.42 Å². The second-order valence-electron chi connectivity index (χ2n) is 3.93. The Labute approximate surface area is 84.6 Å². The van der Waals surface area contributed by atoms with Gasteiger partial charge in [-0.2, -0.15) is 0 Å². The van der Waals surface area contributed by atoms with E-state index in [1.54, 1.807) is 0 Å². The highest BCUT2D eigenvalue weighted by molar-refractivity contribution is 5.11. The lowest BCUT2D eigenvalue weighted by Gasteiger charge is -2.11. The van der Waals surface area contributed by atoms with Crippen LogP contribution in [0.1, 0.15) is 57.5 Å². The summed E-state index contributed by atoms with van der Waals surface area (Å²) in [6, 6.07) is 0. The van der Waals surface area contributed by atoms with Crippen LogP contribution in [0.3, 0.4) is 0 Å². The third-order valence-corrected chi connectivity index (χ3v) is 2.39. The molecule has 0 aliphatic heterocycles. The molecule has 0 N–H and O–H groups in total. The summed E-state index contributed by atoms with van der Waals surface area (Å²) in [6.07, 6.45) is 2.18. The lowest BCUT2D eigenvalue weighted by molar-refractivity contribution is 0.549. The molecule has 2 nitrogen and oxygen atoms in total. The zero-order valence-corrected chi connectivity index (χ0v) is 9.21. The van der Waals surface area contributed by atoms with Crippen LogP contribution in [0.5, 0.6) is 0 Å². The Balaban J connectivity index is 3.08. The van der Waals surface area contributed by atoms with Crippen LogP contribution in [-0.2, 0) is 0 Å². The maximum Gasteiger partial charge on any atom is 0.163 e. The molecule has 1 aromatic rings. The molecule has 0 aromatic carbocycles. The van der Waals surface area contributed by atoms with E-state index < -0.39 is 0 Å². The van der Waals surface area contributed by atoms with Gasteiger partial charge in [0, 0.05) is 11.8 Å². The first kappa shape index (κ1) is 11.1. The first-order valence-electron chi connectivity index (χ1n) is 5.08. The summed E-state index contributed by atoms with van der Waals surface area (Å²) >= 11 is 0. The van der Waals surface area contributed by atoms with Crippen molar-refractivity contribution in [1.82, 2.24) is 9.97 Å². The average molecular weight is 196 g/mol. The van der Waals surface area contributed by atoms with Crippen molar-refractivity contribution in [1.29, 1.82) is 0 Å². The molecule has 3 heteroatoms. The largest absolute Gasteiger partial charge is 0.238 e. The lowest BCUT2D eigenvalue weighted by Crippen LogP contribution is -2.06. The van der Waals surface area contributed by atoms with E-state index in [0.717, 1.165) is 12.2 Å². The highest BCUT2D eigenvalue weighted by Gasteiger charge is 2.13. The van der Waals surface area contributed by atoms with E-state index >= 15 is 0 Å². The van der Waals surface area contributed by atoms with Gasteiger partial charge in [0.1, 0.15) is 5.82 Å². The smallest absolute Gasteiger partial charge is 0.163 e. The topological polar surface area (TPSA) is 25.8 Å². The van der Waals surface area contributed by atoms with Crippen LogP contribution < -0.4 is 0 Å². The lowest BCUT2D eigenvalue weighted by atomic mass is 10.0. The average Bonchev–Trinajstić information content (AvgIpc) is 2.17. The maximum absolute atomic E-state index is 13.3. The predicted octanol–water partition coefficient (Wildman–Crippen LogP) is 3.25. The standard InChI is InChI=1S/C11H17FN2/c1-5-8(4)10-9(12)6-13-11(14-10)7(2)3/h6-8H,5H2,1-4H3. The summed E-state index contributed by atoms with van der Waals surface area (Å²) in [4.78, 5) is 8.23.